The van der Waals surface area contributed by atoms with Gasteiger partial charge in [-0.1, -0.05) is 6.07 Å². The van der Waals surface area contributed by atoms with Gasteiger partial charge in [-0.3, -0.25) is 0 Å². The molecule has 0 bridgehead atoms. The van der Waals surface area contributed by atoms with Crippen molar-refractivity contribution in [1.29, 1.82) is 0 Å². The number of aromatic nitrogens is 3. The van der Waals surface area contributed by atoms with Gasteiger partial charge in [0.15, 0.2) is 5.65 Å². The standard InChI is InChI=1S/C14H13N3O/c1-9-5-6-10(12(8-9)18-2)13-16-11-4-3-7-15-14(11)17-13/h3-8H,1-2H3,(H,15,16,17). The molecule has 0 aliphatic carbocycles. The van der Waals surface area contributed by atoms with E-state index in [1.165, 1.54) is 0 Å². The van der Waals surface area contributed by atoms with Crippen LogP contribution >= 0.6 is 0 Å². The Labute approximate surface area is 105 Å². The molecule has 0 fully saturated rings. The highest BCUT2D eigenvalue weighted by molar-refractivity contribution is 5.77. The highest BCUT2D eigenvalue weighted by atomic mass is 16.5. The molecule has 90 valence electrons. The molecule has 2 aromatic heterocycles. The molecule has 0 saturated carbocycles. The normalized spacial score (nSPS) is 10.8. The molecule has 1 aromatic carbocycles. The Hall–Kier alpha value is -2.36. The quantitative estimate of drug-likeness (QED) is 0.748. The van der Waals surface area contributed by atoms with E-state index in [0.29, 0.717) is 0 Å². The van der Waals surface area contributed by atoms with Crippen molar-refractivity contribution in [3.63, 3.8) is 0 Å². The molecule has 4 heteroatoms. The second-order valence-corrected chi connectivity index (χ2v) is 4.16. The van der Waals surface area contributed by atoms with Crippen LogP contribution in [-0.4, -0.2) is 22.1 Å². The summed E-state index contributed by atoms with van der Waals surface area (Å²) in [6.45, 7) is 2.03. The monoisotopic (exact) mass is 239 g/mol. The maximum atomic E-state index is 5.40. The first-order valence-corrected chi connectivity index (χ1v) is 5.73. The number of hydrogen-bond acceptors (Lipinski definition) is 3. The van der Waals surface area contributed by atoms with Crippen molar-refractivity contribution in [1.82, 2.24) is 15.0 Å². The zero-order chi connectivity index (χ0) is 12.5. The summed E-state index contributed by atoms with van der Waals surface area (Å²) >= 11 is 0. The number of aromatic amines is 1. The molecule has 18 heavy (non-hydrogen) atoms. The van der Waals surface area contributed by atoms with Gasteiger partial charge in [0.05, 0.1) is 18.2 Å². The van der Waals surface area contributed by atoms with Crippen LogP contribution in [0.1, 0.15) is 5.56 Å². The number of H-pyrrole nitrogens is 1. The Balaban J connectivity index is 2.19. The zero-order valence-corrected chi connectivity index (χ0v) is 10.3. The summed E-state index contributed by atoms with van der Waals surface area (Å²) in [6.07, 6.45) is 1.74. The minimum atomic E-state index is 0.718. The van der Waals surface area contributed by atoms with E-state index < -0.39 is 0 Å². The van der Waals surface area contributed by atoms with E-state index in [-0.39, 0.29) is 0 Å². The highest BCUT2D eigenvalue weighted by Gasteiger charge is 2.10. The van der Waals surface area contributed by atoms with Gasteiger partial charge in [0, 0.05) is 6.20 Å². The molecule has 0 aliphatic rings. The summed E-state index contributed by atoms with van der Waals surface area (Å²) in [6, 6.07) is 9.89. The predicted molar refractivity (Wildman–Crippen MR) is 70.6 cm³/mol. The fourth-order valence-corrected chi connectivity index (χ4v) is 1.97. The maximum Gasteiger partial charge on any atom is 0.178 e. The summed E-state index contributed by atoms with van der Waals surface area (Å²) in [4.78, 5) is 11.9. The van der Waals surface area contributed by atoms with Crippen molar-refractivity contribution in [3.05, 3.63) is 42.1 Å². The minimum Gasteiger partial charge on any atom is -0.496 e. The summed E-state index contributed by atoms with van der Waals surface area (Å²) < 4.78 is 5.40. The number of nitrogens with zero attached hydrogens (tertiary/aromatic N) is 2. The predicted octanol–water partition coefficient (Wildman–Crippen LogP) is 2.94. The molecule has 0 spiro atoms. The second-order valence-electron chi connectivity index (χ2n) is 4.16. The van der Waals surface area contributed by atoms with E-state index in [1.54, 1.807) is 13.3 Å². The lowest BCUT2D eigenvalue weighted by Crippen LogP contribution is -1.90. The minimum absolute atomic E-state index is 0.718. The largest absolute Gasteiger partial charge is 0.496 e. The Bertz CT molecular complexity index is 670. The molecule has 0 saturated heterocycles. The van der Waals surface area contributed by atoms with Crippen LogP contribution < -0.4 is 4.74 Å². The van der Waals surface area contributed by atoms with Crippen LogP contribution in [0.25, 0.3) is 22.6 Å². The summed E-state index contributed by atoms with van der Waals surface area (Å²) in [7, 11) is 1.67. The van der Waals surface area contributed by atoms with Crippen molar-refractivity contribution >= 4 is 11.2 Å². The Kier molecular flexibility index (Phi) is 2.48. The number of benzene rings is 1. The van der Waals surface area contributed by atoms with Crippen molar-refractivity contribution in [2.45, 2.75) is 6.92 Å². The second kappa shape index (κ2) is 4.14. The van der Waals surface area contributed by atoms with Gasteiger partial charge in [0.1, 0.15) is 11.6 Å². The lowest BCUT2D eigenvalue weighted by molar-refractivity contribution is 0.416. The fourth-order valence-electron chi connectivity index (χ4n) is 1.97. The lowest BCUT2D eigenvalue weighted by Gasteiger charge is -2.06. The topological polar surface area (TPSA) is 50.8 Å². The SMILES string of the molecule is COc1cc(C)ccc1-c1nc2ncccc2[nH]1. The van der Waals surface area contributed by atoms with Gasteiger partial charge < -0.3 is 9.72 Å². The third kappa shape index (κ3) is 1.72. The third-order valence-electron chi connectivity index (χ3n) is 2.87. The summed E-state index contributed by atoms with van der Waals surface area (Å²) in [5.74, 6) is 1.59. The molecule has 0 amide bonds. The molecule has 0 radical (unpaired) electrons. The Morgan fingerprint density at radius 1 is 1.22 bits per heavy atom. The molecule has 1 N–H and O–H groups in total. The van der Waals surface area contributed by atoms with E-state index in [9.17, 15) is 0 Å². The molecule has 0 aliphatic heterocycles. The molecule has 3 aromatic rings. The number of aryl methyl sites for hydroxylation is 1. The lowest BCUT2D eigenvalue weighted by atomic mass is 10.1. The molecule has 0 unspecified atom stereocenters. The van der Waals surface area contributed by atoms with E-state index in [4.69, 9.17) is 4.74 Å². The Morgan fingerprint density at radius 2 is 2.11 bits per heavy atom. The Morgan fingerprint density at radius 3 is 2.89 bits per heavy atom. The van der Waals surface area contributed by atoms with Crippen LogP contribution in [0.4, 0.5) is 0 Å². The first-order valence-electron chi connectivity index (χ1n) is 5.73. The van der Waals surface area contributed by atoms with Gasteiger partial charge in [0.2, 0.25) is 0 Å². The van der Waals surface area contributed by atoms with Gasteiger partial charge in [-0.2, -0.15) is 0 Å². The number of pyridine rings is 1. The molecular formula is C14H13N3O. The van der Waals surface area contributed by atoms with Gasteiger partial charge in [0.25, 0.3) is 0 Å². The van der Waals surface area contributed by atoms with Crippen LogP contribution in [0.3, 0.4) is 0 Å². The molecule has 4 nitrogen and oxygen atoms in total. The summed E-state index contributed by atoms with van der Waals surface area (Å²) in [5, 5.41) is 0. The van der Waals surface area contributed by atoms with Crippen molar-refractivity contribution in [3.8, 4) is 17.1 Å². The van der Waals surface area contributed by atoms with Gasteiger partial charge in [-0.25, -0.2) is 9.97 Å². The molecule has 3 rings (SSSR count). The van der Waals surface area contributed by atoms with Gasteiger partial charge >= 0.3 is 0 Å². The van der Waals surface area contributed by atoms with Crippen molar-refractivity contribution in [2.24, 2.45) is 0 Å². The smallest absolute Gasteiger partial charge is 0.178 e. The van der Waals surface area contributed by atoms with Gasteiger partial charge in [-0.15, -0.1) is 0 Å². The molecular weight excluding hydrogens is 226 g/mol. The first-order chi connectivity index (χ1) is 8.78. The highest BCUT2D eigenvalue weighted by Crippen LogP contribution is 2.29. The fraction of sp³-hybridized carbons (Fsp3) is 0.143. The number of imidazole rings is 1. The number of nitrogens with one attached hydrogen (secondary N) is 1. The molecule has 2 heterocycles. The van der Waals surface area contributed by atoms with E-state index in [0.717, 1.165) is 33.9 Å². The first kappa shape index (κ1) is 10.8. The molecule has 0 atom stereocenters. The number of methoxy groups -OCH3 is 1. The van der Waals surface area contributed by atoms with Crippen LogP contribution in [-0.2, 0) is 0 Å². The average molecular weight is 239 g/mol. The number of fused-ring (bicyclic) bond motifs is 1. The maximum absolute atomic E-state index is 5.40. The number of hydrogen-bond donors (Lipinski definition) is 1. The number of rotatable bonds is 2. The van der Waals surface area contributed by atoms with E-state index >= 15 is 0 Å². The van der Waals surface area contributed by atoms with Crippen LogP contribution in [0.2, 0.25) is 0 Å². The van der Waals surface area contributed by atoms with Crippen molar-refractivity contribution < 1.29 is 4.74 Å². The van der Waals surface area contributed by atoms with Gasteiger partial charge in [-0.05, 0) is 36.8 Å². The number of ether oxygens (including phenoxy) is 1. The van der Waals surface area contributed by atoms with Crippen LogP contribution in [0, 0.1) is 6.92 Å². The average Bonchev–Trinajstić information content (AvgIpc) is 2.82. The van der Waals surface area contributed by atoms with Crippen molar-refractivity contribution in [2.75, 3.05) is 7.11 Å². The third-order valence-corrected chi connectivity index (χ3v) is 2.87. The summed E-state index contributed by atoms with van der Waals surface area (Å²) in [5.41, 5.74) is 3.75. The van der Waals surface area contributed by atoms with E-state index in [1.807, 2.05) is 37.3 Å². The van der Waals surface area contributed by atoms with Crippen LogP contribution in [0.5, 0.6) is 5.75 Å². The van der Waals surface area contributed by atoms with Crippen LogP contribution in [0.15, 0.2) is 36.5 Å². The zero-order valence-electron chi connectivity index (χ0n) is 10.3. The van der Waals surface area contributed by atoms with E-state index in [2.05, 4.69) is 15.0 Å².